The van der Waals surface area contributed by atoms with Crippen LogP contribution >= 0.6 is 0 Å². The Balaban J connectivity index is 1.81. The van der Waals surface area contributed by atoms with Gasteiger partial charge in [-0.05, 0) is 52.9 Å². The van der Waals surface area contributed by atoms with Gasteiger partial charge in [0.05, 0.1) is 0 Å². The second-order valence-corrected chi connectivity index (χ2v) is 5.92. The second kappa shape index (κ2) is 5.65. The van der Waals surface area contributed by atoms with Gasteiger partial charge in [-0.2, -0.15) is 0 Å². The van der Waals surface area contributed by atoms with Crippen LogP contribution in [0.3, 0.4) is 0 Å². The lowest BCUT2D eigenvalue weighted by Gasteiger charge is -2.41. The molecule has 2 rings (SSSR count). The fourth-order valence-electron chi connectivity index (χ4n) is 3.00. The Morgan fingerprint density at radius 2 is 1.88 bits per heavy atom. The molecular weight excluding hydrogens is 214 g/mol. The molecule has 0 amide bonds. The summed E-state index contributed by atoms with van der Waals surface area (Å²) in [5.41, 5.74) is 6.44. The first kappa shape index (κ1) is 13.3. The van der Waals surface area contributed by atoms with E-state index >= 15 is 0 Å². The molecule has 4 nitrogen and oxygen atoms in total. The summed E-state index contributed by atoms with van der Waals surface area (Å²) in [7, 11) is 4.44. The molecular formula is C13H27N3O. The lowest BCUT2D eigenvalue weighted by Crippen LogP contribution is -2.55. The van der Waals surface area contributed by atoms with Gasteiger partial charge in [-0.25, -0.2) is 0 Å². The Kier molecular flexibility index (Phi) is 4.42. The number of ether oxygens (including phenoxy) is 1. The van der Waals surface area contributed by atoms with E-state index < -0.39 is 0 Å². The minimum Gasteiger partial charge on any atom is -0.381 e. The lowest BCUT2D eigenvalue weighted by molar-refractivity contribution is 0.0298. The van der Waals surface area contributed by atoms with E-state index in [1.807, 2.05) is 0 Å². The van der Waals surface area contributed by atoms with Crippen LogP contribution < -0.4 is 5.73 Å². The van der Waals surface area contributed by atoms with Crippen molar-refractivity contribution in [2.24, 2.45) is 5.73 Å². The Morgan fingerprint density at radius 3 is 2.47 bits per heavy atom. The van der Waals surface area contributed by atoms with Crippen LogP contribution in [0.4, 0.5) is 0 Å². The van der Waals surface area contributed by atoms with Gasteiger partial charge in [0.15, 0.2) is 0 Å². The average Bonchev–Trinajstić information content (AvgIpc) is 2.30. The van der Waals surface area contributed by atoms with Crippen LogP contribution in [0.1, 0.15) is 25.7 Å². The third-order valence-electron chi connectivity index (χ3n) is 4.36. The number of rotatable bonds is 3. The number of hydrogen-bond acceptors (Lipinski definition) is 4. The molecule has 0 aromatic rings. The Morgan fingerprint density at radius 1 is 1.29 bits per heavy atom. The number of likely N-dealkylation sites (N-methyl/N-ethyl adjacent to an activating group) is 1. The Bertz CT molecular complexity index is 233. The van der Waals surface area contributed by atoms with Crippen molar-refractivity contribution >= 4 is 0 Å². The lowest BCUT2D eigenvalue weighted by atomic mass is 9.89. The normalized spacial score (nSPS) is 27.5. The molecule has 0 radical (unpaired) electrons. The predicted octanol–water partition coefficient (Wildman–Crippen LogP) is 0.520. The largest absolute Gasteiger partial charge is 0.381 e. The highest BCUT2D eigenvalue weighted by molar-refractivity contribution is 4.91. The molecule has 2 heterocycles. The van der Waals surface area contributed by atoms with E-state index in [1.165, 1.54) is 25.9 Å². The van der Waals surface area contributed by atoms with Crippen LogP contribution in [0.25, 0.3) is 0 Å². The second-order valence-electron chi connectivity index (χ2n) is 5.92. The number of hydrogen-bond donors (Lipinski definition) is 1. The fraction of sp³-hybridized carbons (Fsp3) is 1.00. The van der Waals surface area contributed by atoms with Crippen LogP contribution in [0.2, 0.25) is 0 Å². The summed E-state index contributed by atoms with van der Waals surface area (Å²) in [4.78, 5) is 4.90. The molecule has 2 saturated heterocycles. The summed E-state index contributed by atoms with van der Waals surface area (Å²) in [5, 5.41) is 0. The molecule has 0 saturated carbocycles. The van der Waals surface area contributed by atoms with Crippen molar-refractivity contribution < 1.29 is 4.74 Å². The SMILES string of the molecule is CN1CCC(N(C)CC2(N)CCOCC2)CC1. The summed E-state index contributed by atoms with van der Waals surface area (Å²) in [6.07, 6.45) is 4.56. The number of likely N-dealkylation sites (tertiary alicyclic amines) is 1. The van der Waals surface area contributed by atoms with Crippen LogP contribution in [-0.2, 0) is 4.74 Å². The zero-order valence-corrected chi connectivity index (χ0v) is 11.3. The van der Waals surface area contributed by atoms with Crippen molar-refractivity contribution in [3.8, 4) is 0 Å². The minimum absolute atomic E-state index is 0.0175. The minimum atomic E-state index is -0.0175. The molecule has 0 aromatic carbocycles. The molecule has 4 heteroatoms. The molecule has 2 aliphatic rings. The van der Waals surface area contributed by atoms with Crippen LogP contribution in [0.5, 0.6) is 0 Å². The standard InChI is InChI=1S/C13H27N3O/c1-15-7-3-12(4-8-15)16(2)11-13(14)5-9-17-10-6-13/h12H,3-11,14H2,1-2H3. The first-order valence-corrected chi connectivity index (χ1v) is 6.84. The molecule has 0 bridgehead atoms. The molecule has 0 spiro atoms. The van der Waals surface area contributed by atoms with Crippen molar-refractivity contribution in [3.05, 3.63) is 0 Å². The van der Waals surface area contributed by atoms with Crippen molar-refractivity contribution in [1.29, 1.82) is 0 Å². The fourth-order valence-corrected chi connectivity index (χ4v) is 3.00. The molecule has 2 aliphatic heterocycles. The maximum atomic E-state index is 6.46. The first-order valence-electron chi connectivity index (χ1n) is 6.84. The van der Waals surface area contributed by atoms with E-state index in [0.29, 0.717) is 0 Å². The highest BCUT2D eigenvalue weighted by atomic mass is 16.5. The van der Waals surface area contributed by atoms with Gasteiger partial charge in [0.25, 0.3) is 0 Å². The van der Waals surface area contributed by atoms with Crippen molar-refractivity contribution in [2.45, 2.75) is 37.3 Å². The van der Waals surface area contributed by atoms with Crippen LogP contribution in [0, 0.1) is 0 Å². The van der Waals surface area contributed by atoms with Gasteiger partial charge >= 0.3 is 0 Å². The molecule has 0 atom stereocenters. The van der Waals surface area contributed by atoms with Gasteiger partial charge in [-0.1, -0.05) is 0 Å². The topological polar surface area (TPSA) is 41.7 Å². The van der Waals surface area contributed by atoms with Gasteiger partial charge in [0.2, 0.25) is 0 Å². The summed E-state index contributed by atoms with van der Waals surface area (Å²) in [6, 6.07) is 0.717. The van der Waals surface area contributed by atoms with E-state index in [2.05, 4.69) is 23.9 Å². The van der Waals surface area contributed by atoms with Crippen molar-refractivity contribution in [3.63, 3.8) is 0 Å². The van der Waals surface area contributed by atoms with Gasteiger partial charge in [0, 0.05) is 31.3 Å². The van der Waals surface area contributed by atoms with E-state index in [1.54, 1.807) is 0 Å². The molecule has 0 aliphatic carbocycles. The number of nitrogens with zero attached hydrogens (tertiary/aromatic N) is 2. The van der Waals surface area contributed by atoms with Crippen LogP contribution in [0.15, 0.2) is 0 Å². The average molecular weight is 241 g/mol. The molecule has 2 N–H and O–H groups in total. The van der Waals surface area contributed by atoms with E-state index in [0.717, 1.165) is 38.6 Å². The van der Waals surface area contributed by atoms with E-state index in [-0.39, 0.29) is 5.54 Å². The maximum absolute atomic E-state index is 6.46. The van der Waals surface area contributed by atoms with Crippen molar-refractivity contribution in [2.75, 3.05) is 46.9 Å². The third-order valence-corrected chi connectivity index (χ3v) is 4.36. The molecule has 2 fully saturated rings. The molecule has 0 aromatic heterocycles. The summed E-state index contributed by atoms with van der Waals surface area (Å²) in [5.74, 6) is 0. The zero-order valence-electron chi connectivity index (χ0n) is 11.3. The summed E-state index contributed by atoms with van der Waals surface area (Å²) >= 11 is 0. The van der Waals surface area contributed by atoms with E-state index in [4.69, 9.17) is 10.5 Å². The van der Waals surface area contributed by atoms with E-state index in [9.17, 15) is 0 Å². The predicted molar refractivity (Wildman–Crippen MR) is 70.1 cm³/mol. The maximum Gasteiger partial charge on any atom is 0.0484 e. The highest BCUT2D eigenvalue weighted by Gasteiger charge is 2.31. The van der Waals surface area contributed by atoms with Gasteiger partial charge < -0.3 is 20.3 Å². The third kappa shape index (κ3) is 3.65. The zero-order chi connectivity index (χ0) is 12.3. The monoisotopic (exact) mass is 241 g/mol. The Hall–Kier alpha value is -0.160. The van der Waals surface area contributed by atoms with Crippen LogP contribution in [-0.4, -0.2) is 68.3 Å². The molecule has 100 valence electrons. The molecule has 0 unspecified atom stereocenters. The number of piperidine rings is 1. The van der Waals surface area contributed by atoms with Crippen molar-refractivity contribution in [1.82, 2.24) is 9.80 Å². The molecule has 17 heavy (non-hydrogen) atoms. The Labute approximate surface area is 105 Å². The quantitative estimate of drug-likeness (QED) is 0.782. The van der Waals surface area contributed by atoms with Gasteiger partial charge in [-0.3, -0.25) is 0 Å². The van der Waals surface area contributed by atoms with Gasteiger partial charge in [-0.15, -0.1) is 0 Å². The first-order chi connectivity index (χ1) is 8.09. The van der Waals surface area contributed by atoms with Gasteiger partial charge in [0.1, 0.15) is 0 Å². The summed E-state index contributed by atoms with van der Waals surface area (Å²) in [6.45, 7) is 5.12. The highest BCUT2D eigenvalue weighted by Crippen LogP contribution is 2.22. The smallest absolute Gasteiger partial charge is 0.0484 e. The number of nitrogens with two attached hydrogens (primary N) is 1. The summed E-state index contributed by atoms with van der Waals surface area (Å²) < 4.78 is 5.40.